The van der Waals surface area contributed by atoms with Gasteiger partial charge in [-0.3, -0.25) is 9.59 Å². The summed E-state index contributed by atoms with van der Waals surface area (Å²) in [6.45, 7) is 6.78. The van der Waals surface area contributed by atoms with Crippen LogP contribution in [0.4, 0.5) is 0 Å². The molecule has 1 aliphatic heterocycles. The lowest BCUT2D eigenvalue weighted by atomic mass is 9.80. The van der Waals surface area contributed by atoms with E-state index in [-0.39, 0.29) is 34.8 Å². The summed E-state index contributed by atoms with van der Waals surface area (Å²) in [6, 6.07) is 0. The number of fused-ring (bicyclic) bond motifs is 5. The highest BCUT2D eigenvalue weighted by Gasteiger charge is 2.65. The highest BCUT2D eigenvalue weighted by Crippen LogP contribution is 2.64. The van der Waals surface area contributed by atoms with Crippen molar-refractivity contribution in [3.05, 3.63) is 0 Å². The third-order valence-corrected chi connectivity index (χ3v) is 6.67. The molecular formula is C16H22O4. The van der Waals surface area contributed by atoms with Crippen molar-refractivity contribution in [1.82, 2.24) is 0 Å². The summed E-state index contributed by atoms with van der Waals surface area (Å²) < 4.78 is 11.0. The highest BCUT2D eigenvalue weighted by atomic mass is 16.6. The molecule has 4 rings (SSSR count). The Labute approximate surface area is 119 Å². The number of rotatable bonds is 2. The molecule has 2 bridgehead atoms. The molecule has 0 aromatic heterocycles. The molecule has 0 spiro atoms. The second-order valence-electron chi connectivity index (χ2n) is 8.05. The van der Waals surface area contributed by atoms with Crippen LogP contribution in [0.2, 0.25) is 0 Å². The van der Waals surface area contributed by atoms with E-state index in [4.69, 9.17) is 9.47 Å². The maximum absolute atomic E-state index is 12.4. The van der Waals surface area contributed by atoms with Crippen molar-refractivity contribution >= 4 is 11.9 Å². The van der Waals surface area contributed by atoms with Gasteiger partial charge in [-0.05, 0) is 37.5 Å². The monoisotopic (exact) mass is 278 g/mol. The summed E-state index contributed by atoms with van der Waals surface area (Å²) in [5.74, 6) is 1.02. The second kappa shape index (κ2) is 3.58. The maximum atomic E-state index is 12.4. The molecule has 6 atom stereocenters. The lowest BCUT2D eigenvalue weighted by Gasteiger charge is -2.29. The van der Waals surface area contributed by atoms with Crippen molar-refractivity contribution in [1.29, 1.82) is 0 Å². The highest BCUT2D eigenvalue weighted by molar-refractivity contribution is 5.81. The number of ether oxygens (including phenoxy) is 2. The van der Waals surface area contributed by atoms with Gasteiger partial charge in [-0.25, -0.2) is 0 Å². The summed E-state index contributed by atoms with van der Waals surface area (Å²) in [6.07, 6.45) is 2.80. The van der Waals surface area contributed by atoms with Gasteiger partial charge >= 0.3 is 11.9 Å². The molecule has 3 aliphatic carbocycles. The predicted octanol–water partition coefficient (Wildman–Crippen LogP) is 2.16. The Balaban J connectivity index is 1.46. The number of carbonyl (C=O) groups is 2. The van der Waals surface area contributed by atoms with Crippen LogP contribution in [0.5, 0.6) is 0 Å². The quantitative estimate of drug-likeness (QED) is 0.726. The van der Waals surface area contributed by atoms with E-state index in [1.165, 1.54) is 0 Å². The first-order chi connectivity index (χ1) is 9.33. The zero-order chi connectivity index (χ0) is 14.3. The van der Waals surface area contributed by atoms with Crippen LogP contribution in [0.25, 0.3) is 0 Å². The van der Waals surface area contributed by atoms with E-state index in [1.54, 1.807) is 0 Å². The fourth-order valence-electron chi connectivity index (χ4n) is 4.89. The van der Waals surface area contributed by atoms with E-state index in [0.29, 0.717) is 24.4 Å². The Morgan fingerprint density at radius 3 is 2.60 bits per heavy atom. The molecule has 0 amide bonds. The van der Waals surface area contributed by atoms with Gasteiger partial charge in [-0.1, -0.05) is 13.8 Å². The van der Waals surface area contributed by atoms with E-state index in [2.05, 4.69) is 13.8 Å². The molecule has 20 heavy (non-hydrogen) atoms. The first-order valence-corrected chi connectivity index (χ1v) is 7.71. The SMILES string of the molecule is CC1(C)CC1(C)C(=O)OC1CC2CC1C1COC(=O)[C@@H]21. The Morgan fingerprint density at radius 1 is 1.25 bits per heavy atom. The molecule has 4 fully saturated rings. The van der Waals surface area contributed by atoms with E-state index < -0.39 is 0 Å². The minimum Gasteiger partial charge on any atom is -0.465 e. The van der Waals surface area contributed by atoms with Gasteiger partial charge in [0.2, 0.25) is 0 Å². The third kappa shape index (κ3) is 1.43. The first-order valence-electron chi connectivity index (χ1n) is 7.71. The summed E-state index contributed by atoms with van der Waals surface area (Å²) in [7, 11) is 0. The predicted molar refractivity (Wildman–Crippen MR) is 70.5 cm³/mol. The lowest BCUT2D eigenvalue weighted by Crippen LogP contribution is -2.36. The van der Waals surface area contributed by atoms with Gasteiger partial charge in [0.15, 0.2) is 0 Å². The van der Waals surface area contributed by atoms with Crippen LogP contribution in [0.1, 0.15) is 40.0 Å². The topological polar surface area (TPSA) is 52.6 Å². The number of esters is 2. The van der Waals surface area contributed by atoms with Gasteiger partial charge in [0.1, 0.15) is 6.10 Å². The molecular weight excluding hydrogens is 256 g/mol. The molecule has 0 aromatic rings. The zero-order valence-electron chi connectivity index (χ0n) is 12.3. The molecule has 110 valence electrons. The molecule has 5 unspecified atom stereocenters. The summed E-state index contributed by atoms with van der Waals surface area (Å²) in [5, 5.41) is 0. The molecule has 3 saturated carbocycles. The standard InChI is InChI=1S/C16H22O4/c1-15(2)7-16(15,3)14(18)20-11-5-8-4-9(11)10-6-19-13(17)12(8)10/h8-12H,4-7H2,1-3H3/t8?,9?,10?,11?,12-,16?/m0/s1. The minimum atomic E-state index is -0.309. The van der Waals surface area contributed by atoms with E-state index in [9.17, 15) is 9.59 Å². The number of hydrogen-bond acceptors (Lipinski definition) is 4. The van der Waals surface area contributed by atoms with Crippen molar-refractivity contribution in [3.8, 4) is 0 Å². The molecule has 1 saturated heterocycles. The van der Waals surface area contributed by atoms with Crippen molar-refractivity contribution in [2.45, 2.75) is 46.1 Å². The van der Waals surface area contributed by atoms with Crippen molar-refractivity contribution in [2.24, 2.45) is 34.5 Å². The van der Waals surface area contributed by atoms with Crippen LogP contribution >= 0.6 is 0 Å². The maximum Gasteiger partial charge on any atom is 0.312 e. The number of carbonyl (C=O) groups excluding carboxylic acids is 2. The molecule has 4 heteroatoms. The fourth-order valence-corrected chi connectivity index (χ4v) is 4.89. The van der Waals surface area contributed by atoms with Crippen LogP contribution in [-0.4, -0.2) is 24.6 Å². The van der Waals surface area contributed by atoms with Crippen LogP contribution in [0, 0.1) is 34.5 Å². The van der Waals surface area contributed by atoms with Gasteiger partial charge < -0.3 is 9.47 Å². The zero-order valence-corrected chi connectivity index (χ0v) is 12.3. The van der Waals surface area contributed by atoms with Crippen molar-refractivity contribution in [3.63, 3.8) is 0 Å². The van der Waals surface area contributed by atoms with Gasteiger partial charge in [-0.15, -0.1) is 0 Å². The van der Waals surface area contributed by atoms with Crippen LogP contribution < -0.4 is 0 Å². The van der Waals surface area contributed by atoms with E-state index in [0.717, 1.165) is 19.3 Å². The molecule has 4 aliphatic rings. The van der Waals surface area contributed by atoms with Gasteiger partial charge in [0, 0.05) is 11.8 Å². The average molecular weight is 278 g/mol. The van der Waals surface area contributed by atoms with Crippen molar-refractivity contribution < 1.29 is 19.1 Å². The van der Waals surface area contributed by atoms with E-state index in [1.807, 2.05) is 6.92 Å². The normalized spacial score (nSPS) is 50.8. The van der Waals surface area contributed by atoms with Gasteiger partial charge in [-0.2, -0.15) is 0 Å². The molecule has 1 heterocycles. The Hall–Kier alpha value is -1.06. The number of cyclic esters (lactones) is 1. The first kappa shape index (κ1) is 12.7. The second-order valence-corrected chi connectivity index (χ2v) is 8.05. The van der Waals surface area contributed by atoms with Crippen LogP contribution in [-0.2, 0) is 19.1 Å². The Bertz CT molecular complexity index is 497. The molecule has 0 N–H and O–H groups in total. The summed E-state index contributed by atoms with van der Waals surface area (Å²) in [5.41, 5.74) is -0.243. The lowest BCUT2D eigenvalue weighted by molar-refractivity contribution is -0.160. The van der Waals surface area contributed by atoms with E-state index >= 15 is 0 Å². The minimum absolute atomic E-state index is 0.0106. The molecule has 0 aromatic carbocycles. The number of hydrogen-bond donors (Lipinski definition) is 0. The largest absolute Gasteiger partial charge is 0.465 e. The fraction of sp³-hybridized carbons (Fsp3) is 0.875. The molecule has 0 radical (unpaired) electrons. The molecule has 4 nitrogen and oxygen atoms in total. The Kier molecular flexibility index (Phi) is 2.26. The summed E-state index contributed by atoms with van der Waals surface area (Å²) >= 11 is 0. The van der Waals surface area contributed by atoms with Crippen LogP contribution in [0.15, 0.2) is 0 Å². The van der Waals surface area contributed by atoms with Crippen LogP contribution in [0.3, 0.4) is 0 Å². The smallest absolute Gasteiger partial charge is 0.312 e. The van der Waals surface area contributed by atoms with Crippen molar-refractivity contribution in [2.75, 3.05) is 6.61 Å². The summed E-state index contributed by atoms with van der Waals surface area (Å²) in [4.78, 5) is 24.1. The van der Waals surface area contributed by atoms with Gasteiger partial charge in [0.05, 0.1) is 17.9 Å². The Morgan fingerprint density at radius 2 is 1.95 bits per heavy atom. The average Bonchev–Trinajstić information content (AvgIpc) is 2.82. The third-order valence-electron chi connectivity index (χ3n) is 6.67. The van der Waals surface area contributed by atoms with Gasteiger partial charge in [0.25, 0.3) is 0 Å².